The average Bonchev–Trinajstić information content (AvgIpc) is 2.60. The lowest BCUT2D eigenvalue weighted by atomic mass is 10.1. The molecular formula is C19H25N3O3S. The number of hydrogen-bond donors (Lipinski definition) is 1. The number of carbonyl (C=O) groups excluding carboxylic acids is 1. The molecule has 0 fully saturated rings. The molecule has 0 spiro atoms. The Labute approximate surface area is 158 Å². The van der Waals surface area contributed by atoms with E-state index < -0.39 is 0 Å². The van der Waals surface area contributed by atoms with Gasteiger partial charge in [-0.3, -0.25) is 9.59 Å². The molecule has 0 radical (unpaired) electrons. The first kappa shape index (κ1) is 20.0. The molecule has 0 aliphatic rings. The van der Waals surface area contributed by atoms with Gasteiger partial charge >= 0.3 is 0 Å². The number of likely N-dealkylation sites (N-methyl/N-ethyl adjacent to an activating group) is 1. The number of hydrogen-bond acceptors (Lipinski definition) is 5. The van der Waals surface area contributed by atoms with E-state index in [2.05, 4.69) is 9.97 Å². The maximum absolute atomic E-state index is 12.3. The van der Waals surface area contributed by atoms with Crippen LogP contribution in [0.2, 0.25) is 0 Å². The molecule has 2 rings (SSSR count). The molecule has 0 aliphatic heterocycles. The number of nitrogens with zero attached hydrogens (tertiary/aromatic N) is 2. The molecule has 26 heavy (non-hydrogen) atoms. The standard InChI is InChI=1S/C19H25N3O3S/c1-13-6-5-7-15(12-13)25-11-10-22(3)17(23)9-8-16-14(2)20-19(26-4)21-18(16)24/h5-7,12H,8-11H2,1-4H3,(H,20,21,24). The lowest BCUT2D eigenvalue weighted by Gasteiger charge is -2.17. The quantitative estimate of drug-likeness (QED) is 0.567. The van der Waals surface area contributed by atoms with E-state index in [-0.39, 0.29) is 17.9 Å². The highest BCUT2D eigenvalue weighted by Crippen LogP contribution is 2.12. The highest BCUT2D eigenvalue weighted by Gasteiger charge is 2.13. The Bertz CT molecular complexity index is 820. The number of thioether (sulfide) groups is 1. The van der Waals surface area contributed by atoms with Gasteiger partial charge in [-0.05, 0) is 44.2 Å². The summed E-state index contributed by atoms with van der Waals surface area (Å²) in [5.74, 6) is 0.776. The van der Waals surface area contributed by atoms with Gasteiger partial charge in [0.1, 0.15) is 12.4 Å². The van der Waals surface area contributed by atoms with Gasteiger partial charge in [0.25, 0.3) is 5.56 Å². The van der Waals surface area contributed by atoms with E-state index in [0.29, 0.717) is 36.0 Å². The Morgan fingerprint density at radius 2 is 2.12 bits per heavy atom. The lowest BCUT2D eigenvalue weighted by molar-refractivity contribution is -0.130. The van der Waals surface area contributed by atoms with E-state index in [1.54, 1.807) is 18.9 Å². The second-order valence-corrected chi connectivity index (χ2v) is 6.91. The van der Waals surface area contributed by atoms with Crippen molar-refractivity contribution in [1.29, 1.82) is 0 Å². The number of nitrogens with one attached hydrogen (secondary N) is 1. The van der Waals surface area contributed by atoms with Crippen LogP contribution in [0.3, 0.4) is 0 Å². The predicted molar refractivity (Wildman–Crippen MR) is 104 cm³/mol. The number of rotatable bonds is 8. The Morgan fingerprint density at radius 1 is 1.35 bits per heavy atom. The number of ether oxygens (including phenoxy) is 1. The SMILES string of the molecule is CSc1nc(C)c(CCC(=O)N(C)CCOc2cccc(C)c2)c(=O)[nH]1. The van der Waals surface area contributed by atoms with Crippen molar-refractivity contribution in [3.8, 4) is 5.75 Å². The van der Waals surface area contributed by atoms with Crippen LogP contribution >= 0.6 is 11.8 Å². The number of carbonyl (C=O) groups is 1. The van der Waals surface area contributed by atoms with Gasteiger partial charge in [-0.25, -0.2) is 4.98 Å². The van der Waals surface area contributed by atoms with Crippen molar-refractivity contribution < 1.29 is 9.53 Å². The zero-order valence-electron chi connectivity index (χ0n) is 15.7. The van der Waals surface area contributed by atoms with Gasteiger partial charge < -0.3 is 14.6 Å². The minimum Gasteiger partial charge on any atom is -0.492 e. The van der Waals surface area contributed by atoms with E-state index in [9.17, 15) is 9.59 Å². The number of aromatic nitrogens is 2. The molecule has 6 nitrogen and oxygen atoms in total. The molecule has 0 saturated carbocycles. The molecule has 0 aliphatic carbocycles. The van der Waals surface area contributed by atoms with Crippen LogP contribution in [0.4, 0.5) is 0 Å². The van der Waals surface area contributed by atoms with Crippen LogP contribution in [-0.4, -0.2) is 47.2 Å². The second-order valence-electron chi connectivity index (χ2n) is 6.12. The fourth-order valence-corrected chi connectivity index (χ4v) is 2.95. The van der Waals surface area contributed by atoms with Gasteiger partial charge in [0.2, 0.25) is 5.91 Å². The van der Waals surface area contributed by atoms with Crippen molar-refractivity contribution in [1.82, 2.24) is 14.9 Å². The second kappa shape index (κ2) is 9.43. The fourth-order valence-electron chi connectivity index (χ4n) is 2.53. The third-order valence-corrected chi connectivity index (χ3v) is 4.67. The van der Waals surface area contributed by atoms with Crippen molar-refractivity contribution in [2.75, 3.05) is 26.5 Å². The van der Waals surface area contributed by atoms with Crippen LogP contribution in [0.15, 0.2) is 34.2 Å². The predicted octanol–water partition coefficient (Wildman–Crippen LogP) is 2.58. The van der Waals surface area contributed by atoms with Crippen molar-refractivity contribution in [3.05, 3.63) is 51.4 Å². The molecule has 0 saturated heterocycles. The molecule has 1 aromatic carbocycles. The summed E-state index contributed by atoms with van der Waals surface area (Å²) in [4.78, 5) is 33.1. The molecule has 0 atom stereocenters. The van der Waals surface area contributed by atoms with E-state index in [1.165, 1.54) is 11.8 Å². The first-order valence-electron chi connectivity index (χ1n) is 8.48. The van der Waals surface area contributed by atoms with E-state index in [1.807, 2.05) is 37.4 Å². The van der Waals surface area contributed by atoms with Crippen molar-refractivity contribution in [3.63, 3.8) is 0 Å². The van der Waals surface area contributed by atoms with Gasteiger partial charge in [-0.2, -0.15) is 0 Å². The minimum absolute atomic E-state index is 0.0226. The monoisotopic (exact) mass is 375 g/mol. The third kappa shape index (κ3) is 5.62. The van der Waals surface area contributed by atoms with Crippen LogP contribution in [-0.2, 0) is 11.2 Å². The largest absolute Gasteiger partial charge is 0.492 e. The molecule has 1 heterocycles. The summed E-state index contributed by atoms with van der Waals surface area (Å²) in [7, 11) is 1.74. The normalized spacial score (nSPS) is 10.6. The average molecular weight is 375 g/mol. The molecule has 140 valence electrons. The lowest BCUT2D eigenvalue weighted by Crippen LogP contribution is -2.31. The summed E-state index contributed by atoms with van der Waals surface area (Å²) < 4.78 is 5.67. The summed E-state index contributed by atoms with van der Waals surface area (Å²) in [5.41, 5.74) is 2.21. The third-order valence-electron chi connectivity index (χ3n) is 4.09. The topological polar surface area (TPSA) is 75.3 Å². The first-order valence-corrected chi connectivity index (χ1v) is 9.70. The Balaban J connectivity index is 1.83. The molecule has 0 unspecified atom stereocenters. The minimum atomic E-state index is -0.167. The Hall–Kier alpha value is -2.28. The van der Waals surface area contributed by atoms with Crippen LogP contribution < -0.4 is 10.3 Å². The molecule has 7 heteroatoms. The first-order chi connectivity index (χ1) is 12.4. The zero-order valence-corrected chi connectivity index (χ0v) is 16.5. The van der Waals surface area contributed by atoms with Crippen LogP contribution in [0.25, 0.3) is 0 Å². The van der Waals surface area contributed by atoms with Crippen LogP contribution in [0, 0.1) is 13.8 Å². The Kier molecular flexibility index (Phi) is 7.26. The van der Waals surface area contributed by atoms with Crippen molar-refractivity contribution in [2.24, 2.45) is 0 Å². The zero-order chi connectivity index (χ0) is 19.1. The molecule has 0 bridgehead atoms. The van der Waals surface area contributed by atoms with Gasteiger partial charge in [-0.15, -0.1) is 0 Å². The number of aromatic amines is 1. The summed E-state index contributed by atoms with van der Waals surface area (Å²) >= 11 is 1.39. The maximum atomic E-state index is 12.3. The highest BCUT2D eigenvalue weighted by atomic mass is 32.2. The van der Waals surface area contributed by atoms with Crippen LogP contribution in [0.5, 0.6) is 5.75 Å². The number of amides is 1. The summed E-state index contributed by atoms with van der Waals surface area (Å²) in [6, 6.07) is 7.81. The number of aryl methyl sites for hydroxylation is 2. The van der Waals surface area contributed by atoms with E-state index >= 15 is 0 Å². The van der Waals surface area contributed by atoms with E-state index in [0.717, 1.165) is 11.3 Å². The molecule has 1 aromatic heterocycles. The maximum Gasteiger partial charge on any atom is 0.254 e. The van der Waals surface area contributed by atoms with E-state index in [4.69, 9.17) is 4.74 Å². The van der Waals surface area contributed by atoms with Gasteiger partial charge in [0.05, 0.1) is 6.54 Å². The summed E-state index contributed by atoms with van der Waals surface area (Å²) in [6.45, 7) is 4.72. The van der Waals surface area contributed by atoms with Crippen molar-refractivity contribution >= 4 is 17.7 Å². The summed E-state index contributed by atoms with van der Waals surface area (Å²) in [5, 5.41) is 0.591. The molecule has 2 aromatic rings. The van der Waals surface area contributed by atoms with Gasteiger partial charge in [0, 0.05) is 24.7 Å². The van der Waals surface area contributed by atoms with Crippen molar-refractivity contribution in [2.45, 2.75) is 31.8 Å². The number of benzene rings is 1. The highest BCUT2D eigenvalue weighted by molar-refractivity contribution is 7.98. The Morgan fingerprint density at radius 3 is 2.77 bits per heavy atom. The molecule has 1 N–H and O–H groups in total. The van der Waals surface area contributed by atoms with Gasteiger partial charge in [-0.1, -0.05) is 23.9 Å². The molecular weight excluding hydrogens is 350 g/mol. The number of H-pyrrole nitrogens is 1. The molecule has 1 amide bonds. The summed E-state index contributed by atoms with van der Waals surface area (Å²) in [6.07, 6.45) is 2.50. The fraction of sp³-hybridized carbons (Fsp3) is 0.421. The smallest absolute Gasteiger partial charge is 0.254 e. The van der Waals surface area contributed by atoms with Gasteiger partial charge in [0.15, 0.2) is 5.16 Å². The van der Waals surface area contributed by atoms with Crippen LogP contribution in [0.1, 0.15) is 23.2 Å².